The lowest BCUT2D eigenvalue weighted by Gasteiger charge is -2.32. The Morgan fingerprint density at radius 2 is 2.33 bits per heavy atom. The Morgan fingerprint density at radius 3 is 3.19 bits per heavy atom. The van der Waals surface area contributed by atoms with Crippen molar-refractivity contribution >= 4 is 44.8 Å². The molecule has 3 atom stereocenters. The average Bonchev–Trinajstić information content (AvgIpc) is 2.98. The van der Waals surface area contributed by atoms with Gasteiger partial charge in [-0.15, -0.1) is 4.00 Å². The van der Waals surface area contributed by atoms with Crippen LogP contribution < -0.4 is 0 Å². The monoisotopic (exact) mass is 371 g/mol. The van der Waals surface area contributed by atoms with Crippen molar-refractivity contribution in [3.63, 3.8) is 0 Å². The molecule has 4 aliphatic rings. The van der Waals surface area contributed by atoms with E-state index in [9.17, 15) is 4.79 Å². The molecule has 0 radical (unpaired) electrons. The van der Waals surface area contributed by atoms with Crippen molar-refractivity contribution in [3.05, 3.63) is 23.8 Å². The van der Waals surface area contributed by atoms with E-state index in [1.54, 1.807) is 18.6 Å². The molecule has 0 saturated carbocycles. The van der Waals surface area contributed by atoms with Gasteiger partial charge in [0.1, 0.15) is 18.5 Å². The number of halogens is 2. The molecule has 0 aromatic carbocycles. The lowest BCUT2D eigenvalue weighted by molar-refractivity contribution is -0.595. The number of cyclic esters (lactones) is 1. The van der Waals surface area contributed by atoms with Gasteiger partial charge in [0, 0.05) is 28.4 Å². The molecule has 0 aliphatic carbocycles. The molecule has 0 spiro atoms. The fraction of sp³-hybridized carbons (Fsp3) is 0.462. The number of quaternary nitrogens is 1. The highest BCUT2D eigenvalue weighted by Gasteiger charge is 2.48. The van der Waals surface area contributed by atoms with E-state index < -0.39 is 0 Å². The van der Waals surface area contributed by atoms with Crippen LogP contribution >= 0.6 is 27.7 Å². The molecule has 1 amide bonds. The molecule has 4 aliphatic heterocycles. The molecule has 2 saturated heterocycles. The Labute approximate surface area is 135 Å². The molecule has 4 rings (SSSR count). The van der Waals surface area contributed by atoms with Gasteiger partial charge in [-0.1, -0.05) is 0 Å². The number of nitrogens with zero attached hydrogens (tertiary/aromatic N) is 4. The molecule has 110 valence electrons. The first kappa shape index (κ1) is 13.5. The smallest absolute Gasteiger partial charge is 0.410 e. The van der Waals surface area contributed by atoms with Crippen LogP contribution in [0.4, 0.5) is 4.79 Å². The summed E-state index contributed by atoms with van der Waals surface area (Å²) in [6.45, 7) is 1.13. The van der Waals surface area contributed by atoms with Crippen LogP contribution in [0.15, 0.2) is 33.8 Å². The van der Waals surface area contributed by atoms with E-state index in [0.717, 1.165) is 24.2 Å². The van der Waals surface area contributed by atoms with Gasteiger partial charge >= 0.3 is 6.09 Å². The molecular weight excluding hydrogens is 360 g/mol. The van der Waals surface area contributed by atoms with Gasteiger partial charge < -0.3 is 9.64 Å². The number of carbonyl (C=O) groups excluding carboxylic acids is 1. The fourth-order valence-corrected chi connectivity index (χ4v) is 3.95. The summed E-state index contributed by atoms with van der Waals surface area (Å²) in [5, 5.41) is 0. The van der Waals surface area contributed by atoms with Crippen molar-refractivity contribution in [2.75, 3.05) is 13.2 Å². The van der Waals surface area contributed by atoms with E-state index in [4.69, 9.17) is 16.5 Å². The number of piperidine rings is 1. The zero-order chi connectivity index (χ0) is 14.6. The van der Waals surface area contributed by atoms with E-state index in [1.165, 1.54) is 0 Å². The normalized spacial score (nSPS) is 37.5. The van der Waals surface area contributed by atoms with Gasteiger partial charge in [-0.3, -0.25) is 4.99 Å². The first-order valence-electron chi connectivity index (χ1n) is 6.82. The predicted octanol–water partition coefficient (Wildman–Crippen LogP) is 2.72. The van der Waals surface area contributed by atoms with Gasteiger partial charge in [-0.2, -0.15) is 4.99 Å². The van der Waals surface area contributed by atoms with Crippen molar-refractivity contribution in [2.24, 2.45) is 15.9 Å². The summed E-state index contributed by atoms with van der Waals surface area (Å²) in [5.74, 6) is 0.158. The van der Waals surface area contributed by atoms with Crippen molar-refractivity contribution < 1.29 is 13.5 Å². The van der Waals surface area contributed by atoms with Crippen LogP contribution in [0.25, 0.3) is 0 Å². The lowest BCUT2D eigenvalue weighted by atomic mass is 9.90. The van der Waals surface area contributed by atoms with Crippen LogP contribution in [-0.2, 0) is 4.74 Å². The summed E-state index contributed by atoms with van der Waals surface area (Å²) in [6.07, 6.45) is 6.84. The largest absolute Gasteiger partial charge is 0.447 e. The van der Waals surface area contributed by atoms with Crippen LogP contribution in [-0.4, -0.2) is 45.1 Å². The zero-order valence-corrected chi connectivity index (χ0v) is 13.4. The summed E-state index contributed by atoms with van der Waals surface area (Å²) in [6, 6.07) is 0.211. The van der Waals surface area contributed by atoms with Gasteiger partial charge in [0.05, 0.1) is 18.5 Å². The van der Waals surface area contributed by atoms with Crippen molar-refractivity contribution in [3.8, 4) is 0 Å². The third-order valence-electron chi connectivity index (χ3n) is 4.38. The molecule has 8 heteroatoms. The lowest BCUT2D eigenvalue weighted by Crippen LogP contribution is -2.42. The van der Waals surface area contributed by atoms with E-state index in [2.05, 4.69) is 25.9 Å². The highest BCUT2D eigenvalue weighted by atomic mass is 79.9. The van der Waals surface area contributed by atoms with Crippen molar-refractivity contribution in [2.45, 2.75) is 18.9 Å². The summed E-state index contributed by atoms with van der Waals surface area (Å²) < 4.78 is 5.73. The van der Waals surface area contributed by atoms with Gasteiger partial charge in [-0.05, 0) is 12.8 Å². The number of hydrogen-bond acceptors (Lipinski definition) is 4. The number of amidine groups is 1. The topological polar surface area (TPSA) is 54.3 Å². The Balaban J connectivity index is 1.68. The number of aliphatic imine (C=N–C) groups is 2. The quantitative estimate of drug-likeness (QED) is 0.525. The van der Waals surface area contributed by atoms with Crippen molar-refractivity contribution in [1.82, 2.24) is 4.90 Å². The minimum absolute atomic E-state index is 0.0107. The molecule has 0 bridgehead atoms. The minimum atomic E-state index is -0.222. The highest BCUT2D eigenvalue weighted by Crippen LogP contribution is 2.42. The van der Waals surface area contributed by atoms with Crippen LogP contribution in [0.5, 0.6) is 0 Å². The summed E-state index contributed by atoms with van der Waals surface area (Å²) in [4.78, 5) is 22.3. The maximum absolute atomic E-state index is 11.8. The molecule has 1 unspecified atom stereocenters. The molecule has 0 aromatic heterocycles. The maximum atomic E-state index is 11.8. The Morgan fingerprint density at radius 1 is 1.48 bits per heavy atom. The molecule has 2 fully saturated rings. The Bertz CT molecular complexity index is 644. The molecular formula is C13H13BrClN4O2+. The molecule has 6 nitrogen and oxygen atoms in total. The van der Waals surface area contributed by atoms with E-state index in [-0.39, 0.29) is 22.1 Å². The average molecular weight is 373 g/mol. The highest BCUT2D eigenvalue weighted by molar-refractivity contribution is 9.18. The fourth-order valence-electron chi connectivity index (χ4n) is 3.23. The first-order valence-corrected chi connectivity index (χ1v) is 7.95. The minimum Gasteiger partial charge on any atom is -0.447 e. The standard InChI is InChI=1S/C13H13BrClN4O2/c14-12-17-11(10-5-16-3-4-19(10,12)15)8-1-2-9-7-21-13(20)18(9)6-8/h3-5,8-9H,1-2,6-7H2/q+1/t8-,9+,19?/m0/s1. The van der Waals surface area contributed by atoms with Gasteiger partial charge in [-0.25, -0.2) is 4.79 Å². The second kappa shape index (κ2) is 4.66. The number of rotatable bonds is 1. The summed E-state index contributed by atoms with van der Waals surface area (Å²) >= 11 is 10.0. The number of carbonyl (C=O) groups is 1. The van der Waals surface area contributed by atoms with Gasteiger partial charge in [0.2, 0.25) is 5.70 Å². The predicted molar refractivity (Wildman–Crippen MR) is 81.7 cm³/mol. The molecule has 0 aromatic rings. The first-order chi connectivity index (χ1) is 10.1. The second-order valence-electron chi connectivity index (χ2n) is 5.52. The van der Waals surface area contributed by atoms with Crippen LogP contribution in [0.2, 0.25) is 0 Å². The van der Waals surface area contributed by atoms with Crippen LogP contribution in [0.3, 0.4) is 0 Å². The number of hydrogen-bond donors (Lipinski definition) is 0. The Hall–Kier alpha value is -1.18. The van der Waals surface area contributed by atoms with E-state index >= 15 is 0 Å². The maximum Gasteiger partial charge on any atom is 0.410 e. The van der Waals surface area contributed by atoms with Crippen LogP contribution in [0, 0.1) is 5.92 Å². The van der Waals surface area contributed by atoms with Crippen LogP contribution in [0.1, 0.15) is 12.8 Å². The summed E-state index contributed by atoms with van der Waals surface area (Å²) in [7, 11) is 0. The van der Waals surface area contributed by atoms with Gasteiger partial charge in [0.15, 0.2) is 11.8 Å². The number of ether oxygens (including phenoxy) is 1. The Kier molecular flexibility index (Phi) is 2.99. The zero-order valence-electron chi connectivity index (χ0n) is 11.1. The number of allylic oxidation sites excluding steroid dienone is 1. The van der Waals surface area contributed by atoms with Gasteiger partial charge in [0.25, 0.3) is 4.74 Å². The third-order valence-corrected chi connectivity index (χ3v) is 5.77. The summed E-state index contributed by atoms with van der Waals surface area (Å²) in [5.41, 5.74) is 1.75. The van der Waals surface area contributed by atoms with Crippen molar-refractivity contribution in [1.29, 1.82) is 0 Å². The SMILES string of the molecule is O=C1OC[C@H]2CC[C@H](C3=C4C=NC=C[N+]4(Cl)C(Br)=N3)CN12. The number of amides is 1. The molecule has 4 heterocycles. The van der Waals surface area contributed by atoms with E-state index in [0.29, 0.717) is 17.9 Å². The molecule has 0 N–H and O–H groups in total. The number of fused-ring (bicyclic) bond motifs is 2. The third kappa shape index (κ3) is 1.91. The van der Waals surface area contributed by atoms with E-state index in [1.807, 2.05) is 4.90 Å². The second-order valence-corrected chi connectivity index (χ2v) is 6.76. The molecule has 21 heavy (non-hydrogen) atoms.